The van der Waals surface area contributed by atoms with Gasteiger partial charge in [0.15, 0.2) is 5.82 Å². The first-order valence-corrected chi connectivity index (χ1v) is 9.57. The van der Waals surface area contributed by atoms with Crippen molar-refractivity contribution in [2.24, 2.45) is 0 Å². The van der Waals surface area contributed by atoms with Crippen LogP contribution in [0.15, 0.2) is 52.0 Å². The first-order valence-electron chi connectivity index (χ1n) is 8.75. The van der Waals surface area contributed by atoms with Crippen LogP contribution in [0.25, 0.3) is 33.7 Å². The third-order valence-corrected chi connectivity index (χ3v) is 5.54. The van der Waals surface area contributed by atoms with Gasteiger partial charge in [0, 0.05) is 23.3 Å². The lowest BCUT2D eigenvalue weighted by molar-refractivity contribution is -0.384. The Morgan fingerprint density at radius 3 is 2.93 bits per heavy atom. The normalized spacial score (nSPS) is 12.1. The lowest BCUT2D eigenvalue weighted by Crippen LogP contribution is -2.23. The fraction of sp³-hybridized carbons (Fsp3) is 0.0526. The van der Waals surface area contributed by atoms with Gasteiger partial charge in [0.25, 0.3) is 11.2 Å². The summed E-state index contributed by atoms with van der Waals surface area (Å²) < 4.78 is 6.95. The smallest absolute Gasteiger partial charge is 0.291 e. The summed E-state index contributed by atoms with van der Waals surface area (Å²) in [6, 6.07) is 7.95. The summed E-state index contributed by atoms with van der Waals surface area (Å²) in [5.41, 5.74) is 2.20. The molecular formula is C19H12N6O4S. The molecule has 0 radical (unpaired) electrons. The predicted molar refractivity (Wildman–Crippen MR) is 109 cm³/mol. The molecule has 0 spiro atoms. The number of nitrogens with zero attached hydrogens (tertiary/aromatic N) is 5. The topological polar surface area (TPSA) is 132 Å². The van der Waals surface area contributed by atoms with Crippen molar-refractivity contribution in [1.82, 2.24) is 24.8 Å². The van der Waals surface area contributed by atoms with E-state index in [1.807, 2.05) is 0 Å². The van der Waals surface area contributed by atoms with Crippen LogP contribution < -0.4 is 10.1 Å². The molecule has 0 aliphatic carbocycles. The number of aromatic amines is 1. The molecule has 11 heteroatoms. The van der Waals surface area contributed by atoms with Gasteiger partial charge < -0.3 is 4.42 Å². The number of aromatic nitrogens is 5. The zero-order chi connectivity index (χ0) is 20.8. The van der Waals surface area contributed by atoms with Crippen LogP contribution in [0.5, 0.6) is 0 Å². The molecule has 0 atom stereocenters. The van der Waals surface area contributed by atoms with Crippen molar-refractivity contribution in [1.29, 1.82) is 0 Å². The summed E-state index contributed by atoms with van der Waals surface area (Å²) in [6.45, 7) is 1.80. The molecule has 0 amide bonds. The quantitative estimate of drug-likeness (QED) is 0.349. The van der Waals surface area contributed by atoms with Gasteiger partial charge >= 0.3 is 0 Å². The number of nitrogens with one attached hydrogen (secondary N) is 1. The van der Waals surface area contributed by atoms with Crippen molar-refractivity contribution in [2.45, 2.75) is 6.92 Å². The van der Waals surface area contributed by atoms with Crippen molar-refractivity contribution in [2.75, 3.05) is 0 Å². The van der Waals surface area contributed by atoms with Crippen LogP contribution in [0.2, 0.25) is 0 Å². The van der Waals surface area contributed by atoms with Crippen LogP contribution in [0, 0.1) is 17.0 Å². The Hall–Kier alpha value is -4.12. The van der Waals surface area contributed by atoms with Crippen molar-refractivity contribution in [3.63, 3.8) is 0 Å². The average molecular weight is 420 g/mol. The van der Waals surface area contributed by atoms with Crippen molar-refractivity contribution in [3.8, 4) is 22.6 Å². The third-order valence-electron chi connectivity index (χ3n) is 4.58. The number of non-ortho nitro benzene ring substituents is 1. The molecule has 0 fully saturated rings. The van der Waals surface area contributed by atoms with Gasteiger partial charge in [0.1, 0.15) is 5.76 Å². The number of aryl methyl sites for hydroxylation is 1. The van der Waals surface area contributed by atoms with E-state index in [1.54, 1.807) is 43.7 Å². The summed E-state index contributed by atoms with van der Waals surface area (Å²) in [4.78, 5) is 28.3. The Balaban J connectivity index is 1.59. The maximum atomic E-state index is 12.8. The standard InChI is InChI=1S/C19H12N6O4S/c1-10-14(5-6-29-10)17-21-19-24(23-17)18(26)15(30-19)8-12-9-20-22-16(12)11-3-2-4-13(7-11)25(27)28/h2-9H,1H3,(H,20,22)/b15-8-. The zero-order valence-corrected chi connectivity index (χ0v) is 16.2. The highest BCUT2D eigenvalue weighted by Gasteiger charge is 2.16. The summed E-state index contributed by atoms with van der Waals surface area (Å²) in [6.07, 6.45) is 4.78. The molecule has 0 saturated carbocycles. The first-order chi connectivity index (χ1) is 14.5. The molecule has 148 valence electrons. The van der Waals surface area contributed by atoms with Crippen molar-refractivity contribution < 1.29 is 9.34 Å². The van der Waals surface area contributed by atoms with Gasteiger partial charge in [-0.15, -0.1) is 5.10 Å². The van der Waals surface area contributed by atoms with E-state index in [0.29, 0.717) is 37.9 Å². The molecule has 5 aromatic rings. The van der Waals surface area contributed by atoms with Crippen LogP contribution >= 0.6 is 11.3 Å². The van der Waals surface area contributed by atoms with Gasteiger partial charge in [-0.05, 0) is 19.1 Å². The minimum absolute atomic E-state index is 0.0292. The molecule has 10 nitrogen and oxygen atoms in total. The van der Waals surface area contributed by atoms with E-state index < -0.39 is 4.92 Å². The SMILES string of the molecule is Cc1occc1-c1nc2s/c(=C\c3cn[nH]c3-c3cccc([N+](=O)[O-])c3)c(=O)n2n1. The largest absolute Gasteiger partial charge is 0.469 e. The molecule has 1 N–H and O–H groups in total. The van der Waals surface area contributed by atoms with E-state index >= 15 is 0 Å². The fourth-order valence-electron chi connectivity index (χ4n) is 3.12. The second kappa shape index (κ2) is 6.74. The number of nitro benzene ring substituents is 1. The molecule has 0 bridgehead atoms. The highest BCUT2D eigenvalue weighted by Crippen LogP contribution is 2.25. The molecule has 30 heavy (non-hydrogen) atoms. The maximum Gasteiger partial charge on any atom is 0.291 e. The van der Waals surface area contributed by atoms with E-state index in [1.165, 1.54) is 28.0 Å². The van der Waals surface area contributed by atoms with E-state index in [-0.39, 0.29) is 11.2 Å². The van der Waals surface area contributed by atoms with Crippen LogP contribution in [-0.4, -0.2) is 29.7 Å². The highest BCUT2D eigenvalue weighted by molar-refractivity contribution is 7.15. The number of furan rings is 1. The molecular weight excluding hydrogens is 408 g/mol. The van der Waals surface area contributed by atoms with Gasteiger partial charge in [-0.25, -0.2) is 0 Å². The molecule has 5 rings (SSSR count). The number of H-pyrrole nitrogens is 1. The van der Waals surface area contributed by atoms with Gasteiger partial charge in [-0.3, -0.25) is 20.0 Å². The van der Waals surface area contributed by atoms with Gasteiger partial charge in [0.05, 0.1) is 33.2 Å². The Morgan fingerprint density at radius 1 is 1.33 bits per heavy atom. The summed E-state index contributed by atoms with van der Waals surface area (Å²) in [7, 11) is 0. The molecule has 4 heterocycles. The number of fused-ring (bicyclic) bond motifs is 1. The number of hydrogen-bond acceptors (Lipinski definition) is 8. The van der Waals surface area contributed by atoms with Gasteiger partial charge in [-0.2, -0.15) is 14.6 Å². The lowest BCUT2D eigenvalue weighted by atomic mass is 10.1. The number of thiazole rings is 1. The molecule has 1 aromatic carbocycles. The van der Waals surface area contributed by atoms with E-state index in [4.69, 9.17) is 4.42 Å². The second-order valence-corrected chi connectivity index (χ2v) is 7.45. The molecule has 0 saturated heterocycles. The third kappa shape index (κ3) is 2.88. The van der Waals surface area contributed by atoms with Crippen LogP contribution in [0.3, 0.4) is 0 Å². The van der Waals surface area contributed by atoms with Crippen LogP contribution in [0.4, 0.5) is 5.69 Å². The lowest BCUT2D eigenvalue weighted by Gasteiger charge is -1.99. The van der Waals surface area contributed by atoms with Gasteiger partial charge in [0.2, 0.25) is 4.96 Å². The minimum atomic E-state index is -0.460. The predicted octanol–water partition coefficient (Wildman–Crippen LogP) is 2.57. The molecule has 4 aromatic heterocycles. The van der Waals surface area contributed by atoms with Crippen molar-refractivity contribution >= 4 is 28.1 Å². The number of rotatable bonds is 4. The van der Waals surface area contributed by atoms with E-state index in [0.717, 1.165) is 5.56 Å². The Labute approximate surface area is 171 Å². The number of hydrogen-bond donors (Lipinski definition) is 1. The van der Waals surface area contributed by atoms with E-state index in [2.05, 4.69) is 20.3 Å². The van der Waals surface area contributed by atoms with Crippen LogP contribution in [0.1, 0.15) is 11.3 Å². The summed E-state index contributed by atoms with van der Waals surface area (Å²) in [5.74, 6) is 1.10. The fourth-order valence-corrected chi connectivity index (χ4v) is 4.02. The number of benzene rings is 1. The molecule has 0 aliphatic heterocycles. The van der Waals surface area contributed by atoms with Crippen molar-refractivity contribution in [3.05, 3.63) is 79.1 Å². The zero-order valence-electron chi connectivity index (χ0n) is 15.4. The number of nitro groups is 1. The average Bonchev–Trinajstić information content (AvgIpc) is 3.49. The molecule has 0 unspecified atom stereocenters. The minimum Gasteiger partial charge on any atom is -0.469 e. The monoisotopic (exact) mass is 420 g/mol. The van der Waals surface area contributed by atoms with Crippen LogP contribution in [-0.2, 0) is 0 Å². The van der Waals surface area contributed by atoms with E-state index in [9.17, 15) is 14.9 Å². The Morgan fingerprint density at radius 2 is 2.20 bits per heavy atom. The highest BCUT2D eigenvalue weighted by atomic mass is 32.1. The maximum absolute atomic E-state index is 12.8. The summed E-state index contributed by atoms with van der Waals surface area (Å²) >= 11 is 1.20. The second-order valence-electron chi connectivity index (χ2n) is 6.44. The van der Waals surface area contributed by atoms with Gasteiger partial charge in [-0.1, -0.05) is 23.5 Å². The Bertz CT molecular complexity index is 1530. The molecule has 0 aliphatic rings. The Kier molecular flexibility index (Phi) is 4.03. The first kappa shape index (κ1) is 17.9. The summed E-state index contributed by atoms with van der Waals surface area (Å²) in [5, 5.41) is 22.2.